The van der Waals surface area contributed by atoms with Gasteiger partial charge in [0.2, 0.25) is 6.29 Å². The number of carbonyl (C=O) groups excluding carboxylic acids is 1. The van der Waals surface area contributed by atoms with Gasteiger partial charge in [0.15, 0.2) is 29.0 Å². The van der Waals surface area contributed by atoms with Crippen LogP contribution in [-0.4, -0.2) is 86.5 Å². The third kappa shape index (κ3) is 6.09. The first-order chi connectivity index (χ1) is 18.8. The minimum Gasteiger partial charge on any atom is -0.493 e. The van der Waals surface area contributed by atoms with Crippen LogP contribution in [0.25, 0.3) is 0 Å². The molecule has 12 heteroatoms. The summed E-state index contributed by atoms with van der Waals surface area (Å²) >= 11 is 0. The summed E-state index contributed by atoms with van der Waals surface area (Å²) in [7, 11) is 4.57. The van der Waals surface area contributed by atoms with Gasteiger partial charge in [0, 0.05) is 5.92 Å². The molecule has 0 spiro atoms. The van der Waals surface area contributed by atoms with E-state index < -0.39 is 37.3 Å². The molecule has 12 nitrogen and oxygen atoms in total. The molecule has 0 amide bonds. The van der Waals surface area contributed by atoms with E-state index in [1.54, 1.807) is 32.4 Å². The van der Waals surface area contributed by atoms with E-state index in [4.69, 9.17) is 28.4 Å². The monoisotopic (exact) mass is 547 g/mol. The predicted octanol–water partition coefficient (Wildman–Crippen LogP) is 1.24. The summed E-state index contributed by atoms with van der Waals surface area (Å²) in [6, 6.07) is 9.26. The lowest BCUT2D eigenvalue weighted by molar-refractivity contribution is -0.247. The van der Waals surface area contributed by atoms with Gasteiger partial charge in [0.05, 0.1) is 40.5 Å². The number of nitroso groups, excluding NO2 is 1. The molecule has 3 N–H and O–H groups in total. The van der Waals surface area contributed by atoms with Gasteiger partial charge in [0.1, 0.15) is 18.3 Å². The van der Waals surface area contributed by atoms with Crippen molar-refractivity contribution in [1.82, 2.24) is 0 Å². The van der Waals surface area contributed by atoms with E-state index in [1.807, 2.05) is 18.2 Å². The average Bonchev–Trinajstić information content (AvgIpc) is 3.29. The quantitative estimate of drug-likeness (QED) is 0.274. The minimum absolute atomic E-state index is 0.0575. The fourth-order valence-electron chi connectivity index (χ4n) is 4.97. The Bertz CT molecular complexity index is 1160. The maximum absolute atomic E-state index is 12.6. The molecule has 0 saturated carbocycles. The Balaban J connectivity index is 1.48. The highest BCUT2D eigenvalue weighted by Crippen LogP contribution is 2.36. The van der Waals surface area contributed by atoms with Crippen molar-refractivity contribution >= 4 is 5.97 Å². The summed E-state index contributed by atoms with van der Waals surface area (Å²) in [5.41, 5.74) is 1.78. The largest absolute Gasteiger partial charge is 0.493 e. The molecular weight excluding hydrogens is 514 g/mol. The van der Waals surface area contributed by atoms with Crippen molar-refractivity contribution in [3.05, 3.63) is 52.4 Å². The summed E-state index contributed by atoms with van der Waals surface area (Å²) in [5.74, 6) is 1.01. The van der Waals surface area contributed by atoms with Crippen LogP contribution in [0.5, 0.6) is 23.0 Å². The molecule has 0 radical (unpaired) electrons. The number of hydrogen-bond acceptors (Lipinski definition) is 12. The van der Waals surface area contributed by atoms with E-state index in [9.17, 15) is 25.0 Å². The van der Waals surface area contributed by atoms with E-state index in [0.29, 0.717) is 36.7 Å². The summed E-state index contributed by atoms with van der Waals surface area (Å²) in [5, 5.41) is 32.7. The van der Waals surface area contributed by atoms with Gasteiger partial charge < -0.3 is 43.7 Å². The number of benzene rings is 2. The van der Waals surface area contributed by atoms with Crippen molar-refractivity contribution < 1.29 is 48.5 Å². The normalized spacial score (nSPS) is 28.5. The molecule has 2 fully saturated rings. The fourth-order valence-corrected chi connectivity index (χ4v) is 4.97. The maximum atomic E-state index is 12.6. The third-order valence-corrected chi connectivity index (χ3v) is 7.15. The number of hydrogen-bond donors (Lipinski definition) is 3. The molecule has 0 unspecified atom stereocenters. The average molecular weight is 548 g/mol. The molecule has 2 heterocycles. The third-order valence-electron chi connectivity index (χ3n) is 7.15. The van der Waals surface area contributed by atoms with Crippen LogP contribution in [0.15, 0.2) is 41.6 Å². The first-order valence-electron chi connectivity index (χ1n) is 12.5. The molecule has 0 aliphatic carbocycles. The Hall–Kier alpha value is -3.45. The van der Waals surface area contributed by atoms with Gasteiger partial charge in [0.25, 0.3) is 0 Å². The molecular formula is C27H33NO11. The van der Waals surface area contributed by atoms with Crippen molar-refractivity contribution in [3.8, 4) is 23.0 Å². The zero-order valence-electron chi connectivity index (χ0n) is 21.9. The number of nitrogens with zero attached hydrogens (tertiary/aromatic N) is 1. The van der Waals surface area contributed by atoms with Crippen LogP contribution in [0, 0.1) is 16.7 Å². The molecule has 2 aromatic carbocycles. The van der Waals surface area contributed by atoms with Crippen LogP contribution in [0.4, 0.5) is 0 Å². The van der Waals surface area contributed by atoms with E-state index in [0.717, 1.165) is 11.1 Å². The summed E-state index contributed by atoms with van der Waals surface area (Å²) in [6.07, 6.45) is -4.60. The second-order valence-corrected chi connectivity index (χ2v) is 9.50. The standard InChI is InChI=1S/C27H33NO11/c1-34-18-6-4-14(10-20(18)35-2)8-16-13-37-26(32)17(16)9-15-5-7-19(21(11-15)36-3)38-27-25(31)23(28-33)24(30)22(12-29)39-27/h4-7,10-11,16-17,22-25,27,29-31H,8-9,12-13H2,1-3H3/t16-,17+,22+,23-,24+,25+,27+/m0/s1. The van der Waals surface area contributed by atoms with Crippen molar-refractivity contribution in [3.63, 3.8) is 0 Å². The van der Waals surface area contributed by atoms with Gasteiger partial charge in [-0.25, -0.2) is 0 Å². The van der Waals surface area contributed by atoms with Crippen LogP contribution in [0.3, 0.4) is 0 Å². The highest BCUT2D eigenvalue weighted by Gasteiger charge is 2.47. The number of methoxy groups -OCH3 is 3. The van der Waals surface area contributed by atoms with Gasteiger partial charge in [-0.2, -0.15) is 4.91 Å². The number of esters is 1. The minimum atomic E-state index is -1.57. The van der Waals surface area contributed by atoms with E-state index >= 15 is 0 Å². The summed E-state index contributed by atoms with van der Waals surface area (Å²) < 4.78 is 32.8. The van der Waals surface area contributed by atoms with Crippen LogP contribution in [0.2, 0.25) is 0 Å². The SMILES string of the molecule is COc1ccc(C[C@H]2COC(=O)[C@@H]2Cc2ccc(O[C@@H]3O[C@H](CO)[C@@H](O)[C@H](N=O)[C@H]3O)c(OC)c2)cc1OC. The maximum Gasteiger partial charge on any atom is 0.309 e. The van der Waals surface area contributed by atoms with Crippen LogP contribution in [0.1, 0.15) is 11.1 Å². The first-order valence-corrected chi connectivity index (χ1v) is 12.5. The molecule has 39 heavy (non-hydrogen) atoms. The highest BCUT2D eigenvalue weighted by molar-refractivity contribution is 5.75. The Kier molecular flexibility index (Phi) is 9.23. The first kappa shape index (κ1) is 28.6. The van der Waals surface area contributed by atoms with Gasteiger partial charge in [-0.1, -0.05) is 17.3 Å². The molecule has 7 atom stereocenters. The molecule has 2 saturated heterocycles. The Morgan fingerprint density at radius 3 is 2.13 bits per heavy atom. The van der Waals surface area contributed by atoms with Gasteiger partial charge in [-0.3, -0.25) is 4.79 Å². The zero-order chi connectivity index (χ0) is 28.1. The van der Waals surface area contributed by atoms with Crippen molar-refractivity contribution in [2.45, 2.75) is 43.5 Å². The number of cyclic esters (lactones) is 1. The van der Waals surface area contributed by atoms with E-state index in [2.05, 4.69) is 5.18 Å². The van der Waals surface area contributed by atoms with E-state index in [1.165, 1.54) is 7.11 Å². The molecule has 4 rings (SSSR count). The lowest BCUT2D eigenvalue weighted by Crippen LogP contribution is -2.59. The van der Waals surface area contributed by atoms with Crippen molar-refractivity contribution in [2.75, 3.05) is 34.5 Å². The van der Waals surface area contributed by atoms with Gasteiger partial charge in [-0.15, -0.1) is 0 Å². The molecule has 2 aliphatic heterocycles. The van der Waals surface area contributed by atoms with Gasteiger partial charge in [-0.05, 0) is 48.2 Å². The number of carbonyl (C=O) groups is 1. The molecule has 2 aliphatic rings. The lowest BCUT2D eigenvalue weighted by Gasteiger charge is -2.38. The van der Waals surface area contributed by atoms with Crippen LogP contribution in [-0.2, 0) is 27.1 Å². The second kappa shape index (κ2) is 12.6. The number of aliphatic hydroxyl groups is 3. The topological polar surface area (TPSA) is 163 Å². The smallest absolute Gasteiger partial charge is 0.309 e. The second-order valence-electron chi connectivity index (χ2n) is 9.50. The Morgan fingerprint density at radius 2 is 1.51 bits per heavy atom. The van der Waals surface area contributed by atoms with Gasteiger partial charge >= 0.3 is 5.97 Å². The van der Waals surface area contributed by atoms with Crippen LogP contribution < -0.4 is 18.9 Å². The zero-order valence-corrected chi connectivity index (χ0v) is 21.9. The number of rotatable bonds is 11. The van der Waals surface area contributed by atoms with Crippen LogP contribution >= 0.6 is 0 Å². The van der Waals surface area contributed by atoms with Crippen molar-refractivity contribution in [1.29, 1.82) is 0 Å². The molecule has 0 aromatic heterocycles. The lowest BCUT2D eigenvalue weighted by atomic mass is 9.85. The molecule has 0 bridgehead atoms. The molecule has 212 valence electrons. The fraction of sp³-hybridized carbons (Fsp3) is 0.519. The van der Waals surface area contributed by atoms with Crippen molar-refractivity contribution in [2.24, 2.45) is 17.0 Å². The highest BCUT2D eigenvalue weighted by atomic mass is 16.7. The summed E-state index contributed by atoms with van der Waals surface area (Å²) in [4.78, 5) is 23.8. The summed E-state index contributed by atoms with van der Waals surface area (Å²) in [6.45, 7) is -0.297. The predicted molar refractivity (Wildman–Crippen MR) is 136 cm³/mol. The number of ether oxygens (including phenoxy) is 6. The Labute approximate surface area is 225 Å². The Morgan fingerprint density at radius 1 is 0.897 bits per heavy atom. The number of aliphatic hydroxyl groups excluding tert-OH is 3. The molecule has 2 aromatic rings. The van der Waals surface area contributed by atoms with E-state index in [-0.39, 0.29) is 23.6 Å².